The average molecular weight is 299 g/mol. The highest BCUT2D eigenvalue weighted by molar-refractivity contribution is 8.14. The molecule has 0 atom stereocenters. The molecule has 1 saturated heterocycles. The van der Waals surface area contributed by atoms with E-state index >= 15 is 0 Å². The Kier molecular flexibility index (Phi) is 6.01. The molecule has 0 aliphatic carbocycles. The summed E-state index contributed by atoms with van der Waals surface area (Å²) in [7, 11) is 0. The number of oxime groups is 1. The van der Waals surface area contributed by atoms with Gasteiger partial charge < -0.3 is 10.1 Å². The Morgan fingerprint density at radius 2 is 2.11 bits per heavy atom. The lowest BCUT2D eigenvalue weighted by Gasteiger charge is -2.26. The molecule has 0 aromatic heterocycles. The molecule has 5 heteroatoms. The number of hydrogen-bond donors (Lipinski definition) is 1. The molecule has 3 nitrogen and oxygen atoms in total. The van der Waals surface area contributed by atoms with Crippen molar-refractivity contribution in [3.05, 3.63) is 34.9 Å². The predicted molar refractivity (Wildman–Crippen MR) is 82.5 cm³/mol. The second-order valence-electron chi connectivity index (χ2n) is 4.67. The lowest BCUT2D eigenvalue weighted by molar-refractivity contribution is 0.242. The van der Waals surface area contributed by atoms with Crippen LogP contribution in [0.1, 0.15) is 24.8 Å². The number of piperidine rings is 1. The number of halogens is 1. The standard InChI is InChI=1S/C14H19ClN2OS/c15-13-6-4-5-12(11-13)14(16-18)19-10-9-17-7-2-1-3-8-17/h4-6,11,18H,1-3,7-10H2/b16-14+. The molecule has 1 N–H and O–H groups in total. The zero-order valence-corrected chi connectivity index (χ0v) is 12.5. The van der Waals surface area contributed by atoms with Crippen molar-refractivity contribution in [1.29, 1.82) is 0 Å². The van der Waals surface area contributed by atoms with Crippen LogP contribution in [0, 0.1) is 0 Å². The average Bonchev–Trinajstić information content (AvgIpc) is 2.45. The van der Waals surface area contributed by atoms with E-state index in [1.807, 2.05) is 24.3 Å². The maximum Gasteiger partial charge on any atom is 0.143 e. The lowest BCUT2D eigenvalue weighted by Crippen LogP contribution is -2.31. The van der Waals surface area contributed by atoms with Crippen molar-refractivity contribution >= 4 is 28.4 Å². The van der Waals surface area contributed by atoms with Gasteiger partial charge in [0, 0.05) is 22.9 Å². The molecule has 0 radical (unpaired) electrons. The van der Waals surface area contributed by atoms with Crippen molar-refractivity contribution in [2.24, 2.45) is 5.16 Å². The molecule has 19 heavy (non-hydrogen) atoms. The van der Waals surface area contributed by atoms with Crippen molar-refractivity contribution in [2.75, 3.05) is 25.4 Å². The molecule has 1 fully saturated rings. The van der Waals surface area contributed by atoms with E-state index in [0.29, 0.717) is 10.1 Å². The first kappa shape index (κ1) is 14.7. The van der Waals surface area contributed by atoms with Crippen LogP contribution in [-0.2, 0) is 0 Å². The summed E-state index contributed by atoms with van der Waals surface area (Å²) in [6, 6.07) is 7.42. The Bertz CT molecular complexity index is 433. The fourth-order valence-electron chi connectivity index (χ4n) is 2.25. The Balaban J connectivity index is 1.83. The van der Waals surface area contributed by atoms with Crippen molar-refractivity contribution in [1.82, 2.24) is 4.90 Å². The molecule has 0 saturated carbocycles. The van der Waals surface area contributed by atoms with Crippen molar-refractivity contribution in [3.8, 4) is 0 Å². The number of thioether (sulfide) groups is 1. The van der Waals surface area contributed by atoms with Crippen molar-refractivity contribution < 1.29 is 5.21 Å². The van der Waals surface area contributed by atoms with Gasteiger partial charge in [-0.2, -0.15) is 0 Å². The van der Waals surface area contributed by atoms with Crippen LogP contribution in [0.3, 0.4) is 0 Å². The second kappa shape index (κ2) is 7.78. The summed E-state index contributed by atoms with van der Waals surface area (Å²) < 4.78 is 0. The topological polar surface area (TPSA) is 35.8 Å². The summed E-state index contributed by atoms with van der Waals surface area (Å²) in [6.45, 7) is 3.44. The molecule has 0 unspecified atom stereocenters. The highest BCUT2D eigenvalue weighted by atomic mass is 35.5. The van der Waals surface area contributed by atoms with E-state index in [1.165, 1.54) is 32.4 Å². The summed E-state index contributed by atoms with van der Waals surface area (Å²) in [5.74, 6) is 0.936. The van der Waals surface area contributed by atoms with Crippen LogP contribution in [-0.4, -0.2) is 40.5 Å². The minimum atomic E-state index is 0.638. The number of hydrogen-bond acceptors (Lipinski definition) is 4. The third kappa shape index (κ3) is 4.71. The van der Waals surface area contributed by atoms with E-state index in [1.54, 1.807) is 11.8 Å². The van der Waals surface area contributed by atoms with Crippen LogP contribution in [0.2, 0.25) is 5.02 Å². The molecule has 0 bridgehead atoms. The fraction of sp³-hybridized carbons (Fsp3) is 0.500. The number of likely N-dealkylation sites (tertiary alicyclic amines) is 1. The van der Waals surface area contributed by atoms with E-state index in [-0.39, 0.29) is 0 Å². The van der Waals surface area contributed by atoms with Crippen LogP contribution >= 0.6 is 23.4 Å². The van der Waals surface area contributed by atoms with Gasteiger partial charge in [-0.05, 0) is 38.1 Å². The van der Waals surface area contributed by atoms with Crippen LogP contribution < -0.4 is 0 Å². The van der Waals surface area contributed by atoms with E-state index in [0.717, 1.165) is 17.9 Å². The second-order valence-corrected chi connectivity index (χ2v) is 6.19. The van der Waals surface area contributed by atoms with Crippen LogP contribution in [0.5, 0.6) is 0 Å². The molecular formula is C14H19ClN2OS. The van der Waals surface area contributed by atoms with Gasteiger partial charge in [-0.3, -0.25) is 0 Å². The largest absolute Gasteiger partial charge is 0.410 e. The van der Waals surface area contributed by atoms with E-state index in [2.05, 4.69) is 10.1 Å². The third-order valence-electron chi connectivity index (χ3n) is 3.26. The van der Waals surface area contributed by atoms with Crippen molar-refractivity contribution in [3.63, 3.8) is 0 Å². The Hall–Kier alpha value is -0.710. The molecular weight excluding hydrogens is 280 g/mol. The van der Waals surface area contributed by atoms with Gasteiger partial charge in [0.25, 0.3) is 0 Å². The van der Waals surface area contributed by atoms with E-state index < -0.39 is 0 Å². The van der Waals surface area contributed by atoms with Gasteiger partial charge in [-0.15, -0.1) is 11.8 Å². The van der Waals surface area contributed by atoms with Gasteiger partial charge >= 0.3 is 0 Å². The maximum absolute atomic E-state index is 9.12. The van der Waals surface area contributed by atoms with Gasteiger partial charge in [-0.1, -0.05) is 35.3 Å². The quantitative estimate of drug-likeness (QED) is 0.398. The molecule has 1 aliphatic rings. The summed E-state index contributed by atoms with van der Waals surface area (Å²) in [4.78, 5) is 2.48. The van der Waals surface area contributed by atoms with E-state index in [9.17, 15) is 0 Å². The molecule has 1 aromatic rings. The van der Waals surface area contributed by atoms with Gasteiger partial charge in [-0.25, -0.2) is 0 Å². The number of benzene rings is 1. The number of nitrogens with zero attached hydrogens (tertiary/aromatic N) is 2. The zero-order chi connectivity index (χ0) is 13.5. The molecule has 1 aliphatic heterocycles. The van der Waals surface area contributed by atoms with Gasteiger partial charge in [0.15, 0.2) is 0 Å². The van der Waals surface area contributed by atoms with Crippen LogP contribution in [0.25, 0.3) is 0 Å². The molecule has 0 spiro atoms. The number of rotatable bonds is 4. The van der Waals surface area contributed by atoms with Gasteiger partial charge in [0.05, 0.1) is 0 Å². The fourth-order valence-corrected chi connectivity index (χ4v) is 3.33. The molecule has 2 rings (SSSR count). The highest BCUT2D eigenvalue weighted by Gasteiger charge is 2.11. The Morgan fingerprint density at radius 1 is 1.32 bits per heavy atom. The molecule has 1 heterocycles. The van der Waals surface area contributed by atoms with Gasteiger partial charge in [0.1, 0.15) is 5.04 Å². The van der Waals surface area contributed by atoms with E-state index in [4.69, 9.17) is 16.8 Å². The normalized spacial score (nSPS) is 17.6. The lowest BCUT2D eigenvalue weighted by atomic mass is 10.1. The Morgan fingerprint density at radius 3 is 2.79 bits per heavy atom. The zero-order valence-electron chi connectivity index (χ0n) is 10.9. The summed E-state index contributed by atoms with van der Waals surface area (Å²) in [6.07, 6.45) is 3.97. The summed E-state index contributed by atoms with van der Waals surface area (Å²) in [5, 5.41) is 13.8. The van der Waals surface area contributed by atoms with Crippen LogP contribution in [0.4, 0.5) is 0 Å². The molecule has 0 amide bonds. The summed E-state index contributed by atoms with van der Waals surface area (Å²) >= 11 is 7.52. The van der Waals surface area contributed by atoms with Gasteiger partial charge in [0.2, 0.25) is 0 Å². The minimum absolute atomic E-state index is 0.638. The van der Waals surface area contributed by atoms with Crippen molar-refractivity contribution in [2.45, 2.75) is 19.3 Å². The Labute approximate surface area is 123 Å². The SMILES string of the molecule is O/N=C(/SCCN1CCCCC1)c1cccc(Cl)c1. The summed E-state index contributed by atoms with van der Waals surface area (Å²) in [5.41, 5.74) is 0.874. The third-order valence-corrected chi connectivity index (χ3v) is 4.47. The predicted octanol–water partition coefficient (Wildman–Crippen LogP) is 3.69. The molecule has 1 aromatic carbocycles. The first-order valence-corrected chi connectivity index (χ1v) is 7.99. The monoisotopic (exact) mass is 298 g/mol. The maximum atomic E-state index is 9.12. The smallest absolute Gasteiger partial charge is 0.143 e. The molecule has 104 valence electrons. The minimum Gasteiger partial charge on any atom is -0.410 e. The first-order chi connectivity index (χ1) is 9.29. The highest BCUT2D eigenvalue weighted by Crippen LogP contribution is 2.18. The first-order valence-electron chi connectivity index (χ1n) is 6.63. The van der Waals surface area contributed by atoms with Crippen LogP contribution in [0.15, 0.2) is 29.4 Å².